The first-order valence-corrected chi connectivity index (χ1v) is 10.5. The Hall–Kier alpha value is -2.77. The molecule has 1 N–H and O–H groups in total. The number of carbonyl (C=O) groups is 2. The molecule has 166 valence electrons. The SMILES string of the molecule is CCOc1ccc(/C(O)=C2/C(=O)C(=O)N(CCCN(C)C)C2c2ccc(C)o2)cc1Cl. The molecule has 2 heterocycles. The number of furan rings is 1. The van der Waals surface area contributed by atoms with Gasteiger partial charge in [-0.15, -0.1) is 0 Å². The zero-order valence-corrected chi connectivity index (χ0v) is 18.9. The van der Waals surface area contributed by atoms with Crippen LogP contribution in [-0.2, 0) is 9.59 Å². The molecule has 1 amide bonds. The maximum absolute atomic E-state index is 13.0. The molecule has 0 spiro atoms. The lowest BCUT2D eigenvalue weighted by molar-refractivity contribution is -0.140. The van der Waals surface area contributed by atoms with Gasteiger partial charge in [-0.2, -0.15) is 0 Å². The van der Waals surface area contributed by atoms with Gasteiger partial charge in [0.05, 0.1) is 17.2 Å². The summed E-state index contributed by atoms with van der Waals surface area (Å²) in [5, 5.41) is 11.4. The summed E-state index contributed by atoms with van der Waals surface area (Å²) in [6.45, 7) is 5.18. The zero-order chi connectivity index (χ0) is 22.7. The van der Waals surface area contributed by atoms with Crippen LogP contribution in [0.1, 0.15) is 36.5 Å². The number of hydrogen-bond acceptors (Lipinski definition) is 6. The third-order valence-corrected chi connectivity index (χ3v) is 5.38. The van der Waals surface area contributed by atoms with Crippen molar-refractivity contribution in [3.05, 3.63) is 58.0 Å². The Morgan fingerprint density at radius 1 is 1.26 bits per heavy atom. The molecule has 1 fully saturated rings. The van der Waals surface area contributed by atoms with Crippen LogP contribution in [0.3, 0.4) is 0 Å². The molecule has 1 saturated heterocycles. The van der Waals surface area contributed by atoms with E-state index < -0.39 is 17.7 Å². The summed E-state index contributed by atoms with van der Waals surface area (Å²) in [7, 11) is 3.88. The molecule has 0 bridgehead atoms. The van der Waals surface area contributed by atoms with Crippen molar-refractivity contribution in [1.29, 1.82) is 0 Å². The highest BCUT2D eigenvalue weighted by molar-refractivity contribution is 6.46. The molecule has 1 aliphatic heterocycles. The van der Waals surface area contributed by atoms with Gasteiger partial charge in [0.25, 0.3) is 11.7 Å². The fraction of sp³-hybridized carbons (Fsp3) is 0.391. The number of rotatable bonds is 8. The van der Waals surface area contributed by atoms with E-state index in [-0.39, 0.29) is 11.3 Å². The van der Waals surface area contributed by atoms with Crippen molar-refractivity contribution in [3.63, 3.8) is 0 Å². The molecule has 0 radical (unpaired) electrons. The second-order valence-electron chi connectivity index (χ2n) is 7.68. The number of ketones is 1. The van der Waals surface area contributed by atoms with E-state index in [1.54, 1.807) is 31.2 Å². The minimum atomic E-state index is -0.804. The number of aliphatic hydroxyl groups excluding tert-OH is 1. The van der Waals surface area contributed by atoms with E-state index in [9.17, 15) is 14.7 Å². The molecule has 31 heavy (non-hydrogen) atoms. The molecule has 1 aromatic carbocycles. The highest BCUT2D eigenvalue weighted by Crippen LogP contribution is 2.40. The van der Waals surface area contributed by atoms with Crippen LogP contribution in [0.2, 0.25) is 5.02 Å². The fourth-order valence-corrected chi connectivity index (χ4v) is 3.88. The lowest BCUT2D eigenvalue weighted by atomic mass is 9.99. The second-order valence-corrected chi connectivity index (χ2v) is 8.08. The molecule has 1 aromatic heterocycles. The van der Waals surface area contributed by atoms with Crippen LogP contribution < -0.4 is 4.74 Å². The Morgan fingerprint density at radius 2 is 2.00 bits per heavy atom. The summed E-state index contributed by atoms with van der Waals surface area (Å²) in [5.74, 6) is -0.138. The summed E-state index contributed by atoms with van der Waals surface area (Å²) < 4.78 is 11.2. The van der Waals surface area contributed by atoms with Gasteiger partial charge in [-0.05, 0) is 71.2 Å². The summed E-state index contributed by atoms with van der Waals surface area (Å²) in [4.78, 5) is 29.3. The predicted molar refractivity (Wildman–Crippen MR) is 118 cm³/mol. The Labute approximate surface area is 186 Å². The number of likely N-dealkylation sites (tertiary alicyclic amines) is 1. The van der Waals surface area contributed by atoms with Gasteiger partial charge in [0.2, 0.25) is 0 Å². The number of nitrogens with zero attached hydrogens (tertiary/aromatic N) is 2. The van der Waals surface area contributed by atoms with Crippen molar-refractivity contribution in [1.82, 2.24) is 9.80 Å². The van der Waals surface area contributed by atoms with Crippen LogP contribution in [0.25, 0.3) is 5.76 Å². The quantitative estimate of drug-likeness (QED) is 0.374. The Kier molecular flexibility index (Phi) is 7.08. The molecule has 3 rings (SSSR count). The molecule has 8 heteroatoms. The molecule has 1 unspecified atom stereocenters. The van der Waals surface area contributed by atoms with Crippen LogP contribution in [0, 0.1) is 6.92 Å². The number of aryl methyl sites for hydroxylation is 1. The van der Waals surface area contributed by atoms with Crippen molar-refractivity contribution in [2.24, 2.45) is 0 Å². The van der Waals surface area contributed by atoms with Crippen molar-refractivity contribution >= 4 is 29.1 Å². The second kappa shape index (κ2) is 9.58. The maximum Gasteiger partial charge on any atom is 0.295 e. The van der Waals surface area contributed by atoms with Crippen LogP contribution in [0.5, 0.6) is 5.75 Å². The summed E-state index contributed by atoms with van der Waals surface area (Å²) in [6.07, 6.45) is 0.672. The maximum atomic E-state index is 13.0. The standard InChI is InChI=1S/C23H27ClN2O5/c1-5-30-17-10-8-15(13-16(17)24)21(27)19-20(18-9-7-14(2)31-18)26(23(29)22(19)28)12-6-11-25(3)4/h7-10,13,20,27H,5-6,11-12H2,1-4H3/b21-19-. The molecule has 0 saturated carbocycles. The smallest absolute Gasteiger partial charge is 0.295 e. The van der Waals surface area contributed by atoms with Crippen molar-refractivity contribution in [2.45, 2.75) is 26.3 Å². The van der Waals surface area contributed by atoms with Gasteiger partial charge in [-0.1, -0.05) is 11.6 Å². The number of aliphatic hydroxyl groups is 1. The summed E-state index contributed by atoms with van der Waals surface area (Å²) in [6, 6.07) is 7.44. The van der Waals surface area contributed by atoms with Gasteiger partial charge >= 0.3 is 0 Å². The van der Waals surface area contributed by atoms with Gasteiger partial charge in [-0.3, -0.25) is 9.59 Å². The summed E-state index contributed by atoms with van der Waals surface area (Å²) in [5.41, 5.74) is 0.317. The van der Waals surface area contributed by atoms with E-state index in [1.807, 2.05) is 25.9 Å². The third-order valence-electron chi connectivity index (χ3n) is 5.08. The molecular weight excluding hydrogens is 420 g/mol. The molecular formula is C23H27ClN2O5. The predicted octanol–water partition coefficient (Wildman–Crippen LogP) is 4.01. The van der Waals surface area contributed by atoms with Gasteiger partial charge in [-0.25, -0.2) is 0 Å². The Morgan fingerprint density at radius 3 is 2.58 bits per heavy atom. The molecule has 2 aromatic rings. The number of ether oxygens (including phenoxy) is 1. The van der Waals surface area contributed by atoms with Crippen LogP contribution in [-0.4, -0.2) is 60.4 Å². The van der Waals surface area contributed by atoms with Crippen LogP contribution in [0.4, 0.5) is 0 Å². The highest BCUT2D eigenvalue weighted by atomic mass is 35.5. The highest BCUT2D eigenvalue weighted by Gasteiger charge is 2.47. The zero-order valence-electron chi connectivity index (χ0n) is 18.1. The topological polar surface area (TPSA) is 83.2 Å². The van der Waals surface area contributed by atoms with E-state index >= 15 is 0 Å². The van der Waals surface area contributed by atoms with Crippen molar-refractivity contribution in [2.75, 3.05) is 33.8 Å². The lowest BCUT2D eigenvalue weighted by Gasteiger charge is -2.24. The monoisotopic (exact) mass is 446 g/mol. The number of carbonyl (C=O) groups excluding carboxylic acids is 2. The summed E-state index contributed by atoms with van der Waals surface area (Å²) >= 11 is 6.26. The van der Waals surface area contributed by atoms with E-state index in [0.29, 0.717) is 47.4 Å². The number of benzene rings is 1. The van der Waals surface area contributed by atoms with E-state index in [4.69, 9.17) is 20.8 Å². The van der Waals surface area contributed by atoms with Crippen LogP contribution in [0.15, 0.2) is 40.3 Å². The normalized spacial score (nSPS) is 18.3. The van der Waals surface area contributed by atoms with E-state index in [0.717, 1.165) is 6.54 Å². The van der Waals surface area contributed by atoms with Crippen LogP contribution >= 0.6 is 11.6 Å². The first kappa shape index (κ1) is 22.9. The average Bonchev–Trinajstić information content (AvgIpc) is 3.25. The Bertz CT molecular complexity index is 1010. The molecule has 1 atom stereocenters. The van der Waals surface area contributed by atoms with E-state index in [2.05, 4.69) is 0 Å². The van der Waals surface area contributed by atoms with E-state index in [1.165, 1.54) is 11.0 Å². The number of halogens is 1. The first-order valence-electron chi connectivity index (χ1n) is 10.2. The Balaban J connectivity index is 2.06. The van der Waals surface area contributed by atoms with Crippen molar-refractivity contribution in [3.8, 4) is 5.75 Å². The third kappa shape index (κ3) is 4.78. The average molecular weight is 447 g/mol. The number of hydrogen-bond donors (Lipinski definition) is 1. The molecule has 7 nitrogen and oxygen atoms in total. The number of Topliss-reactive ketones (excluding diaryl/α,β-unsaturated/α-hetero) is 1. The number of amides is 1. The first-order chi connectivity index (χ1) is 14.7. The fourth-order valence-electron chi connectivity index (χ4n) is 3.64. The largest absolute Gasteiger partial charge is 0.507 e. The van der Waals surface area contributed by atoms with Gasteiger partial charge < -0.3 is 24.1 Å². The molecule has 1 aliphatic rings. The minimum Gasteiger partial charge on any atom is -0.507 e. The van der Waals surface area contributed by atoms with Gasteiger partial charge in [0, 0.05) is 12.1 Å². The minimum absolute atomic E-state index is 0.00979. The van der Waals surface area contributed by atoms with Gasteiger partial charge in [0.1, 0.15) is 29.1 Å². The van der Waals surface area contributed by atoms with Crippen molar-refractivity contribution < 1.29 is 23.8 Å². The van der Waals surface area contributed by atoms with Gasteiger partial charge in [0.15, 0.2) is 0 Å². The molecule has 0 aliphatic carbocycles. The lowest BCUT2D eigenvalue weighted by Crippen LogP contribution is -2.32.